The Hall–Kier alpha value is -4.46. The fourth-order valence-electron chi connectivity index (χ4n) is 3.64. The van der Waals surface area contributed by atoms with Crippen molar-refractivity contribution in [1.29, 1.82) is 0 Å². The molecule has 0 bridgehead atoms. The van der Waals surface area contributed by atoms with Gasteiger partial charge in [-0.15, -0.1) is 0 Å². The third-order valence-electron chi connectivity index (χ3n) is 5.28. The number of allylic oxidation sites excluding steroid dienone is 1. The van der Waals surface area contributed by atoms with E-state index in [2.05, 4.69) is 0 Å². The molecule has 34 heavy (non-hydrogen) atoms. The maximum atomic E-state index is 13.0. The van der Waals surface area contributed by atoms with Gasteiger partial charge in [-0.25, -0.2) is 4.79 Å². The van der Waals surface area contributed by atoms with Crippen molar-refractivity contribution in [1.82, 2.24) is 0 Å². The van der Waals surface area contributed by atoms with E-state index in [1.165, 1.54) is 13.2 Å². The minimum Gasteiger partial charge on any atom is -0.497 e. The second kappa shape index (κ2) is 8.82. The normalized spacial score (nSPS) is 14.5. The number of hydrogen-bond donors (Lipinski definition) is 0. The fraction of sp³-hybridized carbons (Fsp3) is 0.154. The summed E-state index contributed by atoms with van der Waals surface area (Å²) >= 11 is 0. The fourth-order valence-corrected chi connectivity index (χ4v) is 3.64. The first-order valence-corrected chi connectivity index (χ1v) is 10.6. The van der Waals surface area contributed by atoms with Gasteiger partial charge in [0.25, 0.3) is 0 Å². The lowest BCUT2D eigenvalue weighted by Crippen LogP contribution is -2.11. The van der Waals surface area contributed by atoms with Gasteiger partial charge < -0.3 is 28.4 Å². The van der Waals surface area contributed by atoms with Crippen LogP contribution in [0.25, 0.3) is 6.08 Å². The molecule has 8 heteroatoms. The molecule has 3 aromatic rings. The molecule has 0 unspecified atom stereocenters. The third-order valence-corrected chi connectivity index (χ3v) is 5.28. The Bertz CT molecular complexity index is 1320. The summed E-state index contributed by atoms with van der Waals surface area (Å²) in [5.41, 5.74) is 1.15. The molecule has 0 amide bonds. The van der Waals surface area contributed by atoms with Crippen LogP contribution < -0.4 is 28.4 Å². The molecule has 2 heterocycles. The lowest BCUT2D eigenvalue weighted by molar-refractivity contribution is 0.0727. The molecule has 0 aromatic heterocycles. The number of esters is 1. The van der Waals surface area contributed by atoms with E-state index in [-0.39, 0.29) is 29.6 Å². The van der Waals surface area contributed by atoms with Crippen LogP contribution in [0.2, 0.25) is 0 Å². The van der Waals surface area contributed by atoms with Gasteiger partial charge in [0.2, 0.25) is 12.6 Å². The van der Waals surface area contributed by atoms with Crippen LogP contribution in [-0.2, 0) is 0 Å². The van der Waals surface area contributed by atoms with E-state index in [0.717, 1.165) is 0 Å². The van der Waals surface area contributed by atoms with E-state index >= 15 is 0 Å². The quantitative estimate of drug-likeness (QED) is 0.298. The van der Waals surface area contributed by atoms with Gasteiger partial charge in [0.15, 0.2) is 28.8 Å². The Kier molecular flexibility index (Phi) is 5.55. The SMILES string of the molecule is CCOc1cccc(/C=C2\Oc3cc(OC)ccc3C2=O)c1OC(=O)c1ccc2c(c1)OCO2. The minimum atomic E-state index is -0.614. The first kappa shape index (κ1) is 21.4. The largest absolute Gasteiger partial charge is 0.497 e. The van der Waals surface area contributed by atoms with Crippen molar-refractivity contribution >= 4 is 17.8 Å². The Morgan fingerprint density at radius 3 is 2.71 bits per heavy atom. The van der Waals surface area contributed by atoms with Crippen molar-refractivity contribution < 1.29 is 38.0 Å². The number of Topliss-reactive ketones (excluding diaryl/α,β-unsaturated/α-hetero) is 1. The molecule has 3 aromatic carbocycles. The van der Waals surface area contributed by atoms with Crippen LogP contribution in [0, 0.1) is 0 Å². The van der Waals surface area contributed by atoms with E-state index < -0.39 is 5.97 Å². The molecular formula is C26H20O8. The zero-order valence-electron chi connectivity index (χ0n) is 18.5. The van der Waals surface area contributed by atoms with Crippen LogP contribution in [0.5, 0.6) is 34.5 Å². The number of carbonyl (C=O) groups excluding carboxylic acids is 2. The zero-order valence-corrected chi connectivity index (χ0v) is 18.5. The summed E-state index contributed by atoms with van der Waals surface area (Å²) < 4.78 is 33.0. The van der Waals surface area contributed by atoms with Crippen LogP contribution >= 0.6 is 0 Å². The van der Waals surface area contributed by atoms with Gasteiger partial charge in [-0.3, -0.25) is 4.79 Å². The summed E-state index contributed by atoms with van der Waals surface area (Å²) in [6, 6.07) is 14.9. The molecule has 0 N–H and O–H groups in total. The van der Waals surface area contributed by atoms with E-state index in [4.69, 9.17) is 28.4 Å². The molecular weight excluding hydrogens is 440 g/mol. The highest BCUT2D eigenvalue weighted by molar-refractivity contribution is 6.14. The number of ketones is 1. The number of ether oxygens (including phenoxy) is 6. The smallest absolute Gasteiger partial charge is 0.343 e. The van der Waals surface area contributed by atoms with Crippen LogP contribution in [-0.4, -0.2) is 32.3 Å². The van der Waals surface area contributed by atoms with Gasteiger partial charge in [0.05, 0.1) is 24.8 Å². The van der Waals surface area contributed by atoms with Gasteiger partial charge in [-0.1, -0.05) is 12.1 Å². The molecule has 2 aliphatic rings. The van der Waals surface area contributed by atoms with Crippen LogP contribution in [0.1, 0.15) is 33.2 Å². The first-order chi connectivity index (χ1) is 16.6. The van der Waals surface area contributed by atoms with Crippen molar-refractivity contribution in [3.63, 3.8) is 0 Å². The number of carbonyl (C=O) groups is 2. The molecule has 5 rings (SSSR count). The van der Waals surface area contributed by atoms with Crippen molar-refractivity contribution in [2.24, 2.45) is 0 Å². The average Bonchev–Trinajstić information content (AvgIpc) is 3.44. The van der Waals surface area contributed by atoms with Crippen LogP contribution in [0.3, 0.4) is 0 Å². The molecule has 2 aliphatic heterocycles. The lowest BCUT2D eigenvalue weighted by Gasteiger charge is -2.13. The Balaban J connectivity index is 1.48. The maximum absolute atomic E-state index is 13.0. The summed E-state index contributed by atoms with van der Waals surface area (Å²) in [7, 11) is 1.54. The Morgan fingerprint density at radius 1 is 1.03 bits per heavy atom. The molecule has 8 nitrogen and oxygen atoms in total. The molecule has 0 aliphatic carbocycles. The standard InChI is InChI=1S/C26H20O8/c1-3-30-20-6-4-5-15(11-23-24(27)18-9-8-17(29-2)13-21(18)33-23)25(20)34-26(28)16-7-10-19-22(12-16)32-14-31-19/h4-13H,3,14H2,1-2H3/b23-11-. The van der Waals surface area contributed by atoms with E-state index in [1.807, 2.05) is 6.92 Å². The van der Waals surface area contributed by atoms with Crippen LogP contribution in [0.15, 0.2) is 60.4 Å². The van der Waals surface area contributed by atoms with Crippen molar-refractivity contribution in [3.8, 4) is 34.5 Å². The average molecular weight is 460 g/mol. The third kappa shape index (κ3) is 3.90. The minimum absolute atomic E-state index is 0.0947. The van der Waals surface area contributed by atoms with Gasteiger partial charge in [-0.2, -0.15) is 0 Å². The van der Waals surface area contributed by atoms with Gasteiger partial charge in [0, 0.05) is 11.6 Å². The molecule has 0 atom stereocenters. The summed E-state index contributed by atoms with van der Waals surface area (Å²) in [6.07, 6.45) is 1.53. The van der Waals surface area contributed by atoms with Crippen molar-refractivity contribution in [3.05, 3.63) is 77.0 Å². The van der Waals surface area contributed by atoms with Crippen molar-refractivity contribution in [2.45, 2.75) is 6.92 Å². The maximum Gasteiger partial charge on any atom is 0.343 e. The molecule has 0 radical (unpaired) electrons. The highest BCUT2D eigenvalue weighted by Gasteiger charge is 2.29. The summed E-state index contributed by atoms with van der Waals surface area (Å²) in [5.74, 6) is 1.72. The number of hydrogen-bond acceptors (Lipinski definition) is 8. The van der Waals surface area contributed by atoms with E-state index in [9.17, 15) is 9.59 Å². The molecule has 0 fully saturated rings. The number of para-hydroxylation sites is 1. The van der Waals surface area contributed by atoms with Gasteiger partial charge in [0.1, 0.15) is 11.5 Å². The summed E-state index contributed by atoms with van der Waals surface area (Å²) in [6.45, 7) is 2.28. The number of fused-ring (bicyclic) bond motifs is 2. The second-order valence-corrected chi connectivity index (χ2v) is 7.37. The molecule has 0 spiro atoms. The molecule has 0 saturated heterocycles. The van der Waals surface area contributed by atoms with Crippen molar-refractivity contribution in [2.75, 3.05) is 20.5 Å². The predicted octanol–water partition coefficient (Wildman–Crippen LogP) is 4.66. The van der Waals surface area contributed by atoms with Gasteiger partial charge in [-0.05, 0) is 49.4 Å². The first-order valence-electron chi connectivity index (χ1n) is 10.6. The predicted molar refractivity (Wildman–Crippen MR) is 121 cm³/mol. The molecule has 172 valence electrons. The molecule has 0 saturated carbocycles. The monoisotopic (exact) mass is 460 g/mol. The van der Waals surface area contributed by atoms with Crippen LogP contribution in [0.4, 0.5) is 0 Å². The second-order valence-electron chi connectivity index (χ2n) is 7.37. The lowest BCUT2D eigenvalue weighted by atomic mass is 10.1. The summed E-state index contributed by atoms with van der Waals surface area (Å²) in [4.78, 5) is 25.8. The van der Waals surface area contributed by atoms with E-state index in [1.54, 1.807) is 54.6 Å². The number of benzene rings is 3. The highest BCUT2D eigenvalue weighted by atomic mass is 16.7. The highest BCUT2D eigenvalue weighted by Crippen LogP contribution is 2.39. The summed E-state index contributed by atoms with van der Waals surface area (Å²) in [5, 5.41) is 0. The Labute approximate surface area is 195 Å². The van der Waals surface area contributed by atoms with Gasteiger partial charge >= 0.3 is 5.97 Å². The van der Waals surface area contributed by atoms with E-state index in [0.29, 0.717) is 46.5 Å². The number of methoxy groups -OCH3 is 1. The zero-order chi connectivity index (χ0) is 23.7. The topological polar surface area (TPSA) is 89.5 Å². The Morgan fingerprint density at radius 2 is 1.88 bits per heavy atom. The number of rotatable bonds is 6.